The van der Waals surface area contributed by atoms with Crippen molar-refractivity contribution in [2.75, 3.05) is 0 Å². The summed E-state index contributed by atoms with van der Waals surface area (Å²) >= 11 is 3.38. The molecule has 0 radical (unpaired) electrons. The van der Waals surface area contributed by atoms with Crippen LogP contribution in [0.4, 0.5) is 5.69 Å². The Morgan fingerprint density at radius 3 is 1.40 bits per heavy atom. The molecule has 7 heterocycles. The molecule has 438 valence electrons. The molecule has 1 aliphatic rings. The van der Waals surface area contributed by atoms with Crippen molar-refractivity contribution in [1.82, 2.24) is 29.1 Å². The minimum absolute atomic E-state index is 0.363. The number of aromatic nitrogens is 6. The normalized spacial score (nSPS) is 13.3. The fraction of sp³-hybridized carbons (Fsp3) is 0.0750. The lowest BCUT2D eigenvalue weighted by atomic mass is 9.78. The zero-order chi connectivity index (χ0) is 62.7. The van der Waals surface area contributed by atoms with Crippen molar-refractivity contribution in [1.29, 1.82) is 5.26 Å². The van der Waals surface area contributed by atoms with Crippen molar-refractivity contribution in [3.63, 3.8) is 0 Å². The molecule has 0 bridgehead atoms. The molecule has 0 amide bonds. The van der Waals surface area contributed by atoms with Crippen LogP contribution in [0.25, 0.3) is 137 Å². The van der Waals surface area contributed by atoms with Gasteiger partial charge in [0, 0.05) is 67.0 Å². The van der Waals surface area contributed by atoms with E-state index in [2.05, 4.69) is 261 Å². The summed E-state index contributed by atoms with van der Waals surface area (Å²) in [5.41, 5.74) is 18.4. The van der Waals surface area contributed by atoms with Crippen molar-refractivity contribution in [3.8, 4) is 51.0 Å². The first-order valence-corrected chi connectivity index (χ1v) is 31.2. The van der Waals surface area contributed by atoms with Gasteiger partial charge in [0.25, 0.3) is 0 Å². The number of benzene rings is 10. The zero-order valence-electron chi connectivity index (χ0n) is 50.8. The van der Waals surface area contributed by atoms with Gasteiger partial charge < -0.3 is 18.4 Å². The van der Waals surface area contributed by atoms with Gasteiger partial charge in [-0.1, -0.05) is 152 Å². The van der Waals surface area contributed by atoms with Gasteiger partial charge >= 0.3 is 7.12 Å². The van der Waals surface area contributed by atoms with Crippen LogP contribution in [0.2, 0.25) is 0 Å². The van der Waals surface area contributed by atoms with E-state index in [0.29, 0.717) is 11.3 Å². The molecule has 1 fully saturated rings. The van der Waals surface area contributed by atoms with Crippen molar-refractivity contribution in [2.24, 2.45) is 0 Å². The summed E-state index contributed by atoms with van der Waals surface area (Å²) in [6, 6.07) is 89.6. The Labute approximate surface area is 540 Å². The Balaban J connectivity index is 0.000000125. The Hall–Kier alpha value is -11.1. The minimum atomic E-state index is -0.373. The van der Waals surface area contributed by atoms with Gasteiger partial charge in [0.1, 0.15) is 4.60 Å². The summed E-state index contributed by atoms with van der Waals surface area (Å²) in [7, 11) is -0.373. The molecule has 10 aromatic carbocycles. The number of rotatable bonds is 6. The summed E-state index contributed by atoms with van der Waals surface area (Å²) in [5, 5.41) is 18.4. The summed E-state index contributed by atoms with van der Waals surface area (Å²) in [4.78, 5) is 22.1. The van der Waals surface area contributed by atoms with E-state index >= 15 is 0 Å². The minimum Gasteiger partial charge on any atom is -0.399 e. The molecule has 0 unspecified atom stereocenters. The van der Waals surface area contributed by atoms with Crippen LogP contribution in [0.15, 0.2) is 272 Å². The lowest BCUT2D eigenvalue weighted by Gasteiger charge is -2.32. The van der Waals surface area contributed by atoms with Crippen LogP contribution in [-0.4, -0.2) is 47.4 Å². The molecule has 10 nitrogen and oxygen atoms in total. The molecule has 0 aliphatic carbocycles. The largest absolute Gasteiger partial charge is 0.494 e. The van der Waals surface area contributed by atoms with E-state index in [4.69, 9.17) is 20.9 Å². The predicted octanol–water partition coefficient (Wildman–Crippen LogP) is 19.9. The van der Waals surface area contributed by atoms with Gasteiger partial charge in [-0.15, -0.1) is 0 Å². The fourth-order valence-corrected chi connectivity index (χ4v) is 12.8. The first-order valence-electron chi connectivity index (χ1n) is 30.4. The molecule has 0 saturated carbocycles. The highest BCUT2D eigenvalue weighted by Gasteiger charge is 2.51. The van der Waals surface area contributed by atoms with Crippen molar-refractivity contribution in [2.45, 2.75) is 38.9 Å². The van der Waals surface area contributed by atoms with Gasteiger partial charge in [-0.2, -0.15) is 5.26 Å². The topological polar surface area (TPSA) is 108 Å². The van der Waals surface area contributed by atoms with Gasteiger partial charge in [-0.3, -0.25) is 9.97 Å². The van der Waals surface area contributed by atoms with Gasteiger partial charge in [-0.05, 0) is 180 Å². The van der Waals surface area contributed by atoms with E-state index in [1.165, 1.54) is 0 Å². The molecule has 92 heavy (non-hydrogen) atoms. The molecular formula is C80H56BBrN8O2. The molecule has 1 saturated heterocycles. The number of halogens is 1. The van der Waals surface area contributed by atoms with E-state index in [-0.39, 0.29) is 18.3 Å². The molecule has 17 rings (SSSR count). The predicted molar refractivity (Wildman–Crippen MR) is 380 cm³/mol. The zero-order valence-corrected chi connectivity index (χ0v) is 52.3. The number of hydrogen-bond acceptors (Lipinski definition) is 7. The monoisotopic (exact) mass is 1250 g/mol. The molecule has 0 spiro atoms. The van der Waals surface area contributed by atoms with Crippen molar-refractivity contribution >= 4 is 121 Å². The van der Waals surface area contributed by atoms with Gasteiger partial charge in [0.2, 0.25) is 0 Å². The van der Waals surface area contributed by atoms with Gasteiger partial charge in [0.15, 0.2) is 5.69 Å². The molecule has 0 N–H and O–H groups in total. The number of nitriles is 1. The lowest BCUT2D eigenvalue weighted by Crippen LogP contribution is -2.41. The van der Waals surface area contributed by atoms with Crippen LogP contribution in [-0.2, 0) is 9.31 Å². The summed E-state index contributed by atoms with van der Waals surface area (Å²) < 4.78 is 17.8. The number of nitrogens with zero attached hydrogens (tertiary/aromatic N) is 8. The average Bonchev–Trinajstić information content (AvgIpc) is 1.61. The highest BCUT2D eigenvalue weighted by molar-refractivity contribution is 9.10. The maximum Gasteiger partial charge on any atom is 0.494 e. The SMILES string of the molecule is Brc1ccc2ccc3cccnc3c2n1.N#Cc1ccc2c(c1)c1cc(-c3ccc(-c4ccc5ccc6cccnc6c5n4)cc3)ccc1n2-c1ccccc1.[C-]#[N+]c1ccc2c(c1)c1cc(-c3ccc(B4OC(C)(C)C(C)(C)O4)cc3)ccc1n2-c1ccccc1. The number of para-hydroxylation sites is 2. The second-order valence-electron chi connectivity index (χ2n) is 24.0. The van der Waals surface area contributed by atoms with E-state index in [0.717, 1.165) is 142 Å². The van der Waals surface area contributed by atoms with Crippen molar-refractivity contribution < 1.29 is 9.31 Å². The number of hydrogen-bond donors (Lipinski definition) is 0. The van der Waals surface area contributed by atoms with E-state index in [1.54, 1.807) is 6.20 Å². The maximum absolute atomic E-state index is 9.59. The molecule has 12 heteroatoms. The number of pyridine rings is 4. The second-order valence-corrected chi connectivity index (χ2v) is 24.8. The van der Waals surface area contributed by atoms with Crippen LogP contribution in [0.3, 0.4) is 0 Å². The summed E-state index contributed by atoms with van der Waals surface area (Å²) in [6.45, 7) is 15.8. The second kappa shape index (κ2) is 23.4. The average molecular weight is 1250 g/mol. The first kappa shape index (κ1) is 57.3. The Morgan fingerprint density at radius 2 is 0.870 bits per heavy atom. The van der Waals surface area contributed by atoms with Crippen LogP contribution >= 0.6 is 15.9 Å². The van der Waals surface area contributed by atoms with Gasteiger partial charge in [-0.25, -0.2) is 14.8 Å². The van der Waals surface area contributed by atoms with Crippen LogP contribution in [0.1, 0.15) is 33.3 Å². The Kier molecular flexibility index (Phi) is 14.6. The van der Waals surface area contributed by atoms with E-state index < -0.39 is 0 Å². The highest BCUT2D eigenvalue weighted by atomic mass is 79.9. The van der Waals surface area contributed by atoms with E-state index in [9.17, 15) is 5.26 Å². The Bertz CT molecular complexity index is 5620. The smallest absolute Gasteiger partial charge is 0.399 e. The third-order valence-corrected chi connectivity index (χ3v) is 18.4. The quantitative estimate of drug-likeness (QED) is 0.0706. The molecule has 0 atom stereocenters. The standard InChI is InChI=1S/C37H22N4.C31H27BN2O2.C12H7BrN2/c38-23-24-8-18-34-31(21-24)32-22-29(16-19-35(32)41(34)30-6-2-1-3-7-30)25-9-11-26(12-10-25)33-17-15-28-14-13-27-5-4-20-39-36(27)37(28)40-33;1-30(2)31(3,4)36-32(35-30)23-14-11-21(12-15-23)22-13-17-28-26(19-22)27-20-24(33-5)16-18-29(27)34(28)25-9-7-6-8-10-25;13-10-6-5-9-4-3-8-2-1-7-14-11(8)12(9)15-10/h1-22H;6-20H,1-4H3;1-7H. The fourth-order valence-electron chi connectivity index (χ4n) is 12.5. The Morgan fingerprint density at radius 1 is 0.435 bits per heavy atom. The van der Waals surface area contributed by atoms with Crippen LogP contribution in [0, 0.1) is 17.9 Å². The first-order chi connectivity index (χ1) is 44.9. The summed E-state index contributed by atoms with van der Waals surface area (Å²) in [5.74, 6) is 0. The van der Waals surface area contributed by atoms with E-state index in [1.807, 2.05) is 79.0 Å². The third kappa shape index (κ3) is 10.5. The maximum atomic E-state index is 9.59. The lowest BCUT2D eigenvalue weighted by molar-refractivity contribution is 0.00578. The van der Waals surface area contributed by atoms with Crippen molar-refractivity contribution in [3.05, 3.63) is 289 Å². The highest BCUT2D eigenvalue weighted by Crippen LogP contribution is 2.40. The molecular weight excluding hydrogens is 1200 g/mol. The van der Waals surface area contributed by atoms with Crippen LogP contribution < -0.4 is 5.46 Å². The molecule has 16 aromatic rings. The third-order valence-electron chi connectivity index (χ3n) is 17.9. The molecule has 1 aliphatic heterocycles. The summed E-state index contributed by atoms with van der Waals surface area (Å²) in [6.07, 6.45) is 3.62. The van der Waals surface area contributed by atoms with Gasteiger partial charge in [0.05, 0.1) is 79.2 Å². The number of fused-ring (bicyclic) bond motifs is 12. The molecule has 6 aromatic heterocycles. The van der Waals surface area contributed by atoms with Crippen LogP contribution in [0.5, 0.6) is 0 Å².